The summed E-state index contributed by atoms with van der Waals surface area (Å²) in [6.45, 7) is 4.11. The number of carbonyl (C=O) groups excluding carboxylic acids is 1. The van der Waals surface area contributed by atoms with E-state index < -0.39 is 0 Å². The van der Waals surface area contributed by atoms with Crippen LogP contribution in [0.5, 0.6) is 0 Å². The van der Waals surface area contributed by atoms with Crippen molar-refractivity contribution in [2.75, 3.05) is 13.1 Å². The Morgan fingerprint density at radius 3 is 3.21 bits per heavy atom. The summed E-state index contributed by atoms with van der Waals surface area (Å²) in [6.07, 6.45) is 2.88. The molecular formula is C14H18N4O. The van der Waals surface area contributed by atoms with E-state index in [2.05, 4.69) is 27.8 Å². The number of rotatable bonds is 3. The summed E-state index contributed by atoms with van der Waals surface area (Å²) in [5.74, 6) is 0.510. The van der Waals surface area contributed by atoms with E-state index in [1.54, 1.807) is 6.20 Å². The molecule has 1 aromatic carbocycles. The SMILES string of the molecule is CC(NC(=O)c1ccc2cn[nH]c2c1)C1CCNC1. The molecule has 2 unspecified atom stereocenters. The van der Waals surface area contributed by atoms with Crippen molar-refractivity contribution in [3.8, 4) is 0 Å². The largest absolute Gasteiger partial charge is 0.349 e. The molecule has 0 bridgehead atoms. The summed E-state index contributed by atoms with van der Waals surface area (Å²) in [4.78, 5) is 12.2. The fourth-order valence-electron chi connectivity index (χ4n) is 2.59. The molecule has 3 N–H and O–H groups in total. The van der Waals surface area contributed by atoms with E-state index in [4.69, 9.17) is 0 Å². The number of nitrogens with zero attached hydrogens (tertiary/aromatic N) is 1. The maximum absolute atomic E-state index is 12.2. The number of hydrogen-bond donors (Lipinski definition) is 3. The van der Waals surface area contributed by atoms with Gasteiger partial charge in [0.2, 0.25) is 0 Å². The molecule has 2 heterocycles. The topological polar surface area (TPSA) is 69.8 Å². The van der Waals surface area contributed by atoms with Gasteiger partial charge in [-0.25, -0.2) is 0 Å². The minimum absolute atomic E-state index is 0.0177. The molecule has 19 heavy (non-hydrogen) atoms. The predicted molar refractivity (Wildman–Crippen MR) is 74.0 cm³/mol. The van der Waals surface area contributed by atoms with E-state index in [9.17, 15) is 4.79 Å². The summed E-state index contributed by atoms with van der Waals surface area (Å²) in [5, 5.41) is 14.3. The highest BCUT2D eigenvalue weighted by Gasteiger charge is 2.22. The van der Waals surface area contributed by atoms with Gasteiger partial charge in [-0.05, 0) is 44.5 Å². The molecule has 5 heteroatoms. The third-order valence-electron chi connectivity index (χ3n) is 3.87. The van der Waals surface area contributed by atoms with E-state index in [1.807, 2.05) is 18.2 Å². The first-order valence-electron chi connectivity index (χ1n) is 6.69. The maximum atomic E-state index is 12.2. The Balaban J connectivity index is 1.71. The van der Waals surface area contributed by atoms with Gasteiger partial charge in [0, 0.05) is 17.0 Å². The molecule has 2 aromatic rings. The van der Waals surface area contributed by atoms with Crippen LogP contribution in [-0.2, 0) is 0 Å². The van der Waals surface area contributed by atoms with Gasteiger partial charge in [-0.3, -0.25) is 9.89 Å². The van der Waals surface area contributed by atoms with Crippen molar-refractivity contribution < 1.29 is 4.79 Å². The number of H-pyrrole nitrogens is 1. The van der Waals surface area contributed by atoms with Crippen LogP contribution in [0.15, 0.2) is 24.4 Å². The highest BCUT2D eigenvalue weighted by Crippen LogP contribution is 2.15. The molecular weight excluding hydrogens is 240 g/mol. The molecule has 1 aliphatic rings. The van der Waals surface area contributed by atoms with Crippen LogP contribution in [-0.4, -0.2) is 35.2 Å². The van der Waals surface area contributed by atoms with E-state index >= 15 is 0 Å². The van der Waals surface area contributed by atoms with Gasteiger partial charge in [0.15, 0.2) is 0 Å². The number of fused-ring (bicyclic) bond motifs is 1. The number of benzene rings is 1. The average molecular weight is 258 g/mol. The highest BCUT2D eigenvalue weighted by molar-refractivity contribution is 5.97. The molecule has 3 rings (SSSR count). The summed E-state index contributed by atoms with van der Waals surface area (Å²) in [7, 11) is 0. The average Bonchev–Trinajstić information content (AvgIpc) is 3.09. The van der Waals surface area contributed by atoms with Crippen LogP contribution in [0.3, 0.4) is 0 Å². The van der Waals surface area contributed by atoms with Crippen molar-refractivity contribution >= 4 is 16.8 Å². The molecule has 1 aliphatic heterocycles. The normalized spacial score (nSPS) is 20.6. The maximum Gasteiger partial charge on any atom is 0.251 e. The zero-order valence-electron chi connectivity index (χ0n) is 10.9. The fraction of sp³-hybridized carbons (Fsp3) is 0.429. The van der Waals surface area contributed by atoms with Crippen molar-refractivity contribution in [1.82, 2.24) is 20.8 Å². The Morgan fingerprint density at radius 2 is 2.42 bits per heavy atom. The second-order valence-corrected chi connectivity index (χ2v) is 5.19. The minimum Gasteiger partial charge on any atom is -0.349 e. The molecule has 0 radical (unpaired) electrons. The van der Waals surface area contributed by atoms with E-state index in [1.165, 1.54) is 0 Å². The van der Waals surface area contributed by atoms with E-state index in [0.717, 1.165) is 30.4 Å². The van der Waals surface area contributed by atoms with Crippen molar-refractivity contribution in [1.29, 1.82) is 0 Å². The van der Waals surface area contributed by atoms with Gasteiger partial charge >= 0.3 is 0 Å². The van der Waals surface area contributed by atoms with Gasteiger partial charge in [0.1, 0.15) is 0 Å². The smallest absolute Gasteiger partial charge is 0.251 e. The van der Waals surface area contributed by atoms with Crippen LogP contribution in [0.25, 0.3) is 10.9 Å². The van der Waals surface area contributed by atoms with Crippen LogP contribution < -0.4 is 10.6 Å². The third-order valence-corrected chi connectivity index (χ3v) is 3.87. The molecule has 2 atom stereocenters. The number of aromatic amines is 1. The summed E-state index contributed by atoms with van der Waals surface area (Å²) in [5.41, 5.74) is 1.57. The first-order chi connectivity index (χ1) is 9.24. The molecule has 0 aliphatic carbocycles. The summed E-state index contributed by atoms with van der Waals surface area (Å²) in [6, 6.07) is 5.79. The lowest BCUT2D eigenvalue weighted by Crippen LogP contribution is -2.38. The first-order valence-corrected chi connectivity index (χ1v) is 6.69. The van der Waals surface area contributed by atoms with Gasteiger partial charge in [-0.15, -0.1) is 0 Å². The Labute approximate surface area is 111 Å². The van der Waals surface area contributed by atoms with Crippen LogP contribution in [0, 0.1) is 5.92 Å². The van der Waals surface area contributed by atoms with Crippen molar-refractivity contribution in [2.24, 2.45) is 5.92 Å². The van der Waals surface area contributed by atoms with Gasteiger partial charge < -0.3 is 10.6 Å². The standard InChI is InChI=1S/C14H18N4O/c1-9(11-4-5-15-7-11)17-14(19)10-2-3-12-8-16-18-13(12)6-10/h2-3,6,8-9,11,15H,4-5,7H2,1H3,(H,16,18)(H,17,19). The molecule has 0 spiro atoms. The van der Waals surface area contributed by atoms with Gasteiger partial charge in [0.25, 0.3) is 5.91 Å². The molecule has 1 amide bonds. The Bertz CT molecular complexity index is 586. The lowest BCUT2D eigenvalue weighted by Gasteiger charge is -2.19. The van der Waals surface area contributed by atoms with Crippen LogP contribution in [0.1, 0.15) is 23.7 Å². The van der Waals surface area contributed by atoms with Gasteiger partial charge in [-0.2, -0.15) is 5.10 Å². The van der Waals surface area contributed by atoms with Crippen LogP contribution >= 0.6 is 0 Å². The zero-order chi connectivity index (χ0) is 13.2. The van der Waals surface area contributed by atoms with Crippen LogP contribution in [0.2, 0.25) is 0 Å². The second kappa shape index (κ2) is 5.01. The minimum atomic E-state index is -0.0177. The summed E-state index contributed by atoms with van der Waals surface area (Å²) >= 11 is 0. The quantitative estimate of drug-likeness (QED) is 0.777. The first kappa shape index (κ1) is 12.2. The number of carbonyl (C=O) groups is 1. The van der Waals surface area contributed by atoms with E-state index in [-0.39, 0.29) is 11.9 Å². The molecule has 0 saturated carbocycles. The Kier molecular flexibility index (Phi) is 3.21. The lowest BCUT2D eigenvalue weighted by molar-refractivity contribution is 0.0929. The van der Waals surface area contributed by atoms with Gasteiger partial charge in [0.05, 0.1) is 11.7 Å². The third kappa shape index (κ3) is 2.46. The van der Waals surface area contributed by atoms with Crippen molar-refractivity contribution in [2.45, 2.75) is 19.4 Å². The number of hydrogen-bond acceptors (Lipinski definition) is 3. The van der Waals surface area contributed by atoms with Crippen LogP contribution in [0.4, 0.5) is 0 Å². The predicted octanol–water partition coefficient (Wildman–Crippen LogP) is 1.29. The second-order valence-electron chi connectivity index (χ2n) is 5.19. The molecule has 100 valence electrons. The molecule has 1 aromatic heterocycles. The zero-order valence-corrected chi connectivity index (χ0v) is 10.9. The van der Waals surface area contributed by atoms with Crippen molar-refractivity contribution in [3.05, 3.63) is 30.0 Å². The monoisotopic (exact) mass is 258 g/mol. The molecule has 1 fully saturated rings. The van der Waals surface area contributed by atoms with E-state index in [0.29, 0.717) is 11.5 Å². The molecule has 1 saturated heterocycles. The fourth-order valence-corrected chi connectivity index (χ4v) is 2.59. The van der Waals surface area contributed by atoms with Gasteiger partial charge in [-0.1, -0.05) is 6.07 Å². The Hall–Kier alpha value is -1.88. The number of amides is 1. The highest BCUT2D eigenvalue weighted by atomic mass is 16.1. The summed E-state index contributed by atoms with van der Waals surface area (Å²) < 4.78 is 0. The molecule has 5 nitrogen and oxygen atoms in total. The number of aromatic nitrogens is 2. The van der Waals surface area contributed by atoms with Crippen molar-refractivity contribution in [3.63, 3.8) is 0 Å². The lowest BCUT2D eigenvalue weighted by atomic mass is 10.00. The number of nitrogens with one attached hydrogen (secondary N) is 3. The Morgan fingerprint density at radius 1 is 1.53 bits per heavy atom.